The largest absolute Gasteiger partial charge is 0.339 e. The highest BCUT2D eigenvalue weighted by atomic mass is 35.5. The molecule has 0 heterocycles. The average Bonchev–Trinajstić information content (AvgIpc) is 1.63. The van der Waals surface area contributed by atoms with Gasteiger partial charge in [0.1, 0.15) is 0 Å². The zero-order valence-electron chi connectivity index (χ0n) is 3.98. The lowest BCUT2D eigenvalue weighted by molar-refractivity contribution is 0.0162. The van der Waals surface area contributed by atoms with Crippen LogP contribution < -0.4 is 11.0 Å². The Labute approximate surface area is 60.2 Å². The first kappa shape index (κ1) is 8.48. The zero-order valence-corrected chi connectivity index (χ0v) is 5.49. The lowest BCUT2D eigenvalue weighted by atomic mass is 11.4. The number of amides is 2. The van der Waals surface area contributed by atoms with E-state index in [-0.39, 0.29) is 0 Å². The lowest BCUT2D eigenvalue weighted by Crippen LogP contribution is -2.28. The Balaban J connectivity index is 3.10. The van der Waals surface area contributed by atoms with Crippen molar-refractivity contribution in [2.75, 3.05) is 0 Å². The molecule has 0 saturated heterocycles. The zero-order chi connectivity index (χ0) is 7.28. The molecule has 7 heteroatoms. The van der Waals surface area contributed by atoms with Crippen LogP contribution in [0.25, 0.3) is 0 Å². The van der Waals surface area contributed by atoms with Crippen molar-refractivity contribution < 1.29 is 14.5 Å². The molecule has 5 nitrogen and oxygen atoms in total. The predicted molar refractivity (Wildman–Crippen MR) is 29.9 cm³/mol. The first-order chi connectivity index (χ1) is 4.13. The van der Waals surface area contributed by atoms with Crippen LogP contribution in [0.3, 0.4) is 0 Å². The third-order valence-electron chi connectivity index (χ3n) is 0.263. The Bertz CT molecular complexity index is 113. The number of carbonyl (C=O) groups excluding carboxylic acids is 2. The van der Waals surface area contributed by atoms with Gasteiger partial charge in [-0.05, 0) is 23.2 Å². The van der Waals surface area contributed by atoms with Gasteiger partial charge in [0, 0.05) is 0 Å². The van der Waals surface area contributed by atoms with Gasteiger partial charge in [0.2, 0.25) is 0 Å². The predicted octanol–water partition coefficient (Wildman–Crippen LogP) is 0.730. The molecule has 0 atom stereocenters. The highest BCUT2D eigenvalue weighted by molar-refractivity contribution is 6.63. The standard InChI is InChI=1S/C2H2Cl2N2O3/c3-1(7)5-9-6-2(4)8/h(H,5,7)(H,6,8). The fourth-order valence-corrected chi connectivity index (χ4v) is 0.183. The van der Waals surface area contributed by atoms with E-state index in [0.717, 1.165) is 0 Å². The number of hydroxylamine groups is 2. The minimum absolute atomic E-state index is 0.958. The molecule has 0 aliphatic heterocycles. The van der Waals surface area contributed by atoms with E-state index in [4.69, 9.17) is 23.2 Å². The molecule has 0 aliphatic carbocycles. The van der Waals surface area contributed by atoms with Gasteiger partial charge in [-0.2, -0.15) is 15.9 Å². The van der Waals surface area contributed by atoms with Gasteiger partial charge >= 0.3 is 10.7 Å². The maximum absolute atomic E-state index is 9.76. The molecule has 0 aromatic rings. The van der Waals surface area contributed by atoms with Gasteiger partial charge in [-0.15, -0.1) is 0 Å². The van der Waals surface area contributed by atoms with E-state index in [2.05, 4.69) is 4.94 Å². The number of nitrogens with one attached hydrogen (secondary N) is 2. The van der Waals surface area contributed by atoms with Crippen molar-refractivity contribution in [2.24, 2.45) is 0 Å². The molecule has 0 spiro atoms. The van der Waals surface area contributed by atoms with Crippen LogP contribution in [-0.4, -0.2) is 10.7 Å². The maximum atomic E-state index is 9.76. The molecule has 0 radical (unpaired) electrons. The molecule has 0 bridgehead atoms. The van der Waals surface area contributed by atoms with Crippen LogP contribution in [0.5, 0.6) is 0 Å². The summed E-state index contributed by atoms with van der Waals surface area (Å²) in [6.07, 6.45) is 0. The van der Waals surface area contributed by atoms with Gasteiger partial charge in [0.15, 0.2) is 0 Å². The molecule has 0 rings (SSSR count). The molecule has 0 aromatic heterocycles. The first-order valence-electron chi connectivity index (χ1n) is 1.69. The highest BCUT2D eigenvalue weighted by Crippen LogP contribution is 1.77. The van der Waals surface area contributed by atoms with Crippen molar-refractivity contribution in [1.82, 2.24) is 11.0 Å². The van der Waals surface area contributed by atoms with Crippen molar-refractivity contribution in [3.05, 3.63) is 0 Å². The van der Waals surface area contributed by atoms with Crippen molar-refractivity contribution in [1.29, 1.82) is 0 Å². The summed E-state index contributed by atoms with van der Waals surface area (Å²) in [7, 11) is 0. The average molecular weight is 173 g/mol. The van der Waals surface area contributed by atoms with Crippen LogP contribution in [0.15, 0.2) is 0 Å². The topological polar surface area (TPSA) is 67.4 Å². The number of hydrogen-bond acceptors (Lipinski definition) is 3. The third kappa shape index (κ3) is 7.48. The van der Waals surface area contributed by atoms with Gasteiger partial charge in [-0.3, -0.25) is 9.59 Å². The second kappa shape index (κ2) is 4.37. The summed E-state index contributed by atoms with van der Waals surface area (Å²) in [5.74, 6) is 0. The summed E-state index contributed by atoms with van der Waals surface area (Å²) < 4.78 is 0. The van der Waals surface area contributed by atoms with Gasteiger partial charge < -0.3 is 0 Å². The molecule has 2 N–H and O–H groups in total. The fraction of sp³-hybridized carbons (Fsp3) is 0. The molecular formula is C2H2Cl2N2O3. The van der Waals surface area contributed by atoms with E-state index in [1.807, 2.05) is 0 Å². The van der Waals surface area contributed by atoms with Crippen LogP contribution in [-0.2, 0) is 4.94 Å². The lowest BCUT2D eigenvalue weighted by Gasteiger charge is -1.96. The summed E-state index contributed by atoms with van der Waals surface area (Å²) in [6.45, 7) is 0. The van der Waals surface area contributed by atoms with Crippen LogP contribution in [0.1, 0.15) is 0 Å². The van der Waals surface area contributed by atoms with E-state index in [0.29, 0.717) is 0 Å². The van der Waals surface area contributed by atoms with Gasteiger partial charge in [-0.25, -0.2) is 0 Å². The first-order valence-corrected chi connectivity index (χ1v) is 2.45. The number of hydrogen-bond donors (Lipinski definition) is 2. The van der Waals surface area contributed by atoms with E-state index in [1.165, 1.54) is 0 Å². The molecule has 0 saturated carbocycles. The van der Waals surface area contributed by atoms with Crippen LogP contribution in [0.2, 0.25) is 0 Å². The summed E-state index contributed by atoms with van der Waals surface area (Å²) in [6, 6.07) is 0. The Morgan fingerprint density at radius 2 is 1.44 bits per heavy atom. The smallest absolute Gasteiger partial charge is 0.253 e. The quantitative estimate of drug-likeness (QED) is 0.367. The van der Waals surface area contributed by atoms with Crippen LogP contribution in [0.4, 0.5) is 9.59 Å². The van der Waals surface area contributed by atoms with E-state index >= 15 is 0 Å². The normalized spacial score (nSPS) is 8.22. The van der Waals surface area contributed by atoms with Crippen molar-refractivity contribution in [3.8, 4) is 0 Å². The molecule has 0 aliphatic rings. The molecule has 52 valence electrons. The highest BCUT2D eigenvalue weighted by Gasteiger charge is 1.94. The second-order valence-corrected chi connectivity index (χ2v) is 1.54. The SMILES string of the molecule is O=C(Cl)NONC(=O)Cl. The number of halogens is 2. The van der Waals surface area contributed by atoms with Gasteiger partial charge in [0.25, 0.3) is 0 Å². The molecule has 0 unspecified atom stereocenters. The minimum atomic E-state index is -0.958. The summed E-state index contributed by atoms with van der Waals surface area (Å²) >= 11 is 9.38. The number of carbonyl (C=O) groups is 2. The second-order valence-electron chi connectivity index (χ2n) is 0.854. The monoisotopic (exact) mass is 172 g/mol. The number of rotatable bonds is 2. The van der Waals surface area contributed by atoms with Gasteiger partial charge in [-0.1, -0.05) is 0 Å². The summed E-state index contributed by atoms with van der Waals surface area (Å²) in [4.78, 5) is 23.4. The molecule has 0 aromatic carbocycles. The van der Waals surface area contributed by atoms with Crippen molar-refractivity contribution in [3.63, 3.8) is 0 Å². The van der Waals surface area contributed by atoms with E-state index < -0.39 is 10.7 Å². The maximum Gasteiger partial charge on any atom is 0.339 e. The Hall–Kier alpha value is -0.520. The van der Waals surface area contributed by atoms with Crippen LogP contribution in [0, 0.1) is 0 Å². The molecular weight excluding hydrogens is 171 g/mol. The van der Waals surface area contributed by atoms with Crippen molar-refractivity contribution in [2.45, 2.75) is 0 Å². The summed E-state index contributed by atoms with van der Waals surface area (Å²) in [5.41, 5.74) is 3.17. The summed E-state index contributed by atoms with van der Waals surface area (Å²) in [5, 5.41) is -1.92. The molecule has 9 heavy (non-hydrogen) atoms. The van der Waals surface area contributed by atoms with Crippen LogP contribution >= 0.6 is 23.2 Å². The van der Waals surface area contributed by atoms with E-state index in [1.54, 1.807) is 11.0 Å². The third-order valence-corrected chi connectivity index (χ3v) is 0.417. The minimum Gasteiger partial charge on any atom is -0.253 e. The van der Waals surface area contributed by atoms with Gasteiger partial charge in [0.05, 0.1) is 0 Å². The fourth-order valence-electron chi connectivity index (χ4n) is 0.106. The Morgan fingerprint density at radius 3 is 1.67 bits per heavy atom. The molecule has 2 amide bonds. The molecule has 0 fully saturated rings. The van der Waals surface area contributed by atoms with Crippen molar-refractivity contribution >= 4 is 33.9 Å². The Morgan fingerprint density at radius 1 is 1.11 bits per heavy atom. The Kier molecular flexibility index (Phi) is 4.12. The van der Waals surface area contributed by atoms with E-state index in [9.17, 15) is 9.59 Å².